The van der Waals surface area contributed by atoms with Crippen LogP contribution in [0.4, 0.5) is 13.2 Å². The van der Waals surface area contributed by atoms with Crippen LogP contribution in [0.1, 0.15) is 47.1 Å². The normalized spacial score (nSPS) is 25.3. The summed E-state index contributed by atoms with van der Waals surface area (Å²) < 4.78 is 40.4. The van der Waals surface area contributed by atoms with E-state index in [0.717, 1.165) is 31.5 Å². The van der Waals surface area contributed by atoms with Crippen LogP contribution in [0.15, 0.2) is 42.5 Å². The molecule has 0 amide bonds. The van der Waals surface area contributed by atoms with Gasteiger partial charge in [0.25, 0.3) is 0 Å². The Morgan fingerprint density at radius 1 is 1.11 bits per heavy atom. The maximum absolute atomic E-state index is 13.5. The first kappa shape index (κ1) is 18.5. The lowest BCUT2D eigenvalue weighted by molar-refractivity contribution is -0.138. The van der Waals surface area contributed by atoms with Gasteiger partial charge in [-0.25, -0.2) is 0 Å². The molecule has 1 aliphatic carbocycles. The molecule has 144 valence electrons. The van der Waals surface area contributed by atoms with E-state index in [-0.39, 0.29) is 5.92 Å². The monoisotopic (exact) mass is 373 g/mol. The van der Waals surface area contributed by atoms with Gasteiger partial charge >= 0.3 is 6.18 Å². The van der Waals surface area contributed by atoms with Gasteiger partial charge in [0.15, 0.2) is 0 Å². The molecule has 3 atom stereocenters. The molecule has 27 heavy (non-hydrogen) atoms. The molecule has 4 rings (SSSR count). The zero-order valence-electron chi connectivity index (χ0n) is 15.9. The summed E-state index contributed by atoms with van der Waals surface area (Å²) in [5.74, 6) is 0.646. The SMILES string of the molecule is CCN1CC2c3cccc(C(F)(F)F)c3CCC2C1Cc1cccc(C)c1. The second-order valence-electron chi connectivity index (χ2n) is 8.03. The number of aryl methyl sites for hydroxylation is 1. The first-order chi connectivity index (χ1) is 12.9. The van der Waals surface area contributed by atoms with Crippen LogP contribution in [0.25, 0.3) is 0 Å². The lowest BCUT2D eigenvalue weighted by atomic mass is 9.72. The molecule has 4 heteroatoms. The average Bonchev–Trinajstić information content (AvgIpc) is 2.98. The molecule has 2 aromatic rings. The Morgan fingerprint density at radius 3 is 2.59 bits per heavy atom. The summed E-state index contributed by atoms with van der Waals surface area (Å²) in [5, 5.41) is 0. The summed E-state index contributed by atoms with van der Waals surface area (Å²) in [6, 6.07) is 13.8. The third-order valence-electron chi connectivity index (χ3n) is 6.49. The van der Waals surface area contributed by atoms with Crippen LogP contribution < -0.4 is 0 Å². The molecule has 1 heterocycles. The number of fused-ring (bicyclic) bond motifs is 3. The van der Waals surface area contributed by atoms with E-state index in [1.807, 2.05) is 6.07 Å². The predicted molar refractivity (Wildman–Crippen MR) is 102 cm³/mol. The van der Waals surface area contributed by atoms with Gasteiger partial charge < -0.3 is 0 Å². The van der Waals surface area contributed by atoms with Crippen molar-refractivity contribution in [3.8, 4) is 0 Å². The van der Waals surface area contributed by atoms with Crippen molar-refractivity contribution in [2.75, 3.05) is 13.1 Å². The number of halogens is 3. The van der Waals surface area contributed by atoms with Crippen molar-refractivity contribution < 1.29 is 13.2 Å². The summed E-state index contributed by atoms with van der Waals surface area (Å²) >= 11 is 0. The van der Waals surface area contributed by atoms with Gasteiger partial charge in [0, 0.05) is 18.5 Å². The van der Waals surface area contributed by atoms with E-state index >= 15 is 0 Å². The minimum Gasteiger partial charge on any atom is -0.299 e. The van der Waals surface area contributed by atoms with Gasteiger partial charge in [0.2, 0.25) is 0 Å². The molecule has 0 spiro atoms. The standard InChI is InChI=1S/C23H26F3N/c1-3-27-14-20-17-8-5-9-21(23(24,25)26)18(17)10-11-19(20)22(27)13-16-7-4-6-15(2)12-16/h4-9,12,19-20,22H,3,10-11,13-14H2,1-2H3. The Morgan fingerprint density at radius 2 is 1.89 bits per heavy atom. The van der Waals surface area contributed by atoms with Crippen molar-refractivity contribution in [1.82, 2.24) is 4.90 Å². The van der Waals surface area contributed by atoms with E-state index in [1.54, 1.807) is 6.07 Å². The van der Waals surface area contributed by atoms with Crippen molar-refractivity contribution in [2.24, 2.45) is 5.92 Å². The number of rotatable bonds is 3. The first-order valence-electron chi connectivity index (χ1n) is 9.87. The fraction of sp³-hybridized carbons (Fsp3) is 0.478. The average molecular weight is 373 g/mol. The van der Waals surface area contributed by atoms with E-state index in [1.165, 1.54) is 17.2 Å². The number of alkyl halides is 3. The second-order valence-corrected chi connectivity index (χ2v) is 8.03. The lowest BCUT2D eigenvalue weighted by Crippen LogP contribution is -2.35. The van der Waals surface area contributed by atoms with E-state index in [2.05, 4.69) is 43.0 Å². The van der Waals surface area contributed by atoms with E-state index in [0.29, 0.717) is 23.9 Å². The highest BCUT2D eigenvalue weighted by atomic mass is 19.4. The highest BCUT2D eigenvalue weighted by Gasteiger charge is 2.46. The minimum atomic E-state index is -4.26. The number of benzene rings is 2. The van der Waals surface area contributed by atoms with Gasteiger partial charge in [-0.2, -0.15) is 13.2 Å². The molecule has 1 saturated heterocycles. The number of hydrogen-bond donors (Lipinski definition) is 0. The summed E-state index contributed by atoms with van der Waals surface area (Å²) in [6.45, 7) is 6.07. The van der Waals surface area contributed by atoms with Gasteiger partial charge in [-0.1, -0.05) is 48.9 Å². The van der Waals surface area contributed by atoms with Crippen LogP contribution in [0, 0.1) is 12.8 Å². The van der Waals surface area contributed by atoms with Crippen LogP contribution in [0.5, 0.6) is 0 Å². The van der Waals surface area contributed by atoms with Crippen molar-refractivity contribution >= 4 is 0 Å². The van der Waals surface area contributed by atoms with Crippen LogP contribution in [0.2, 0.25) is 0 Å². The Hall–Kier alpha value is -1.81. The van der Waals surface area contributed by atoms with Gasteiger partial charge in [0.1, 0.15) is 0 Å². The first-order valence-corrected chi connectivity index (χ1v) is 9.87. The third kappa shape index (κ3) is 3.40. The number of likely N-dealkylation sites (tertiary alicyclic amines) is 1. The van der Waals surface area contributed by atoms with Crippen LogP contribution >= 0.6 is 0 Å². The van der Waals surface area contributed by atoms with Crippen LogP contribution in [0.3, 0.4) is 0 Å². The third-order valence-corrected chi connectivity index (χ3v) is 6.49. The zero-order valence-corrected chi connectivity index (χ0v) is 15.9. The summed E-state index contributed by atoms with van der Waals surface area (Å²) in [4.78, 5) is 2.48. The number of hydrogen-bond acceptors (Lipinski definition) is 1. The molecule has 1 aliphatic heterocycles. The maximum atomic E-state index is 13.5. The van der Waals surface area contributed by atoms with E-state index in [4.69, 9.17) is 0 Å². The highest BCUT2D eigenvalue weighted by molar-refractivity contribution is 5.43. The molecule has 2 aliphatic rings. The smallest absolute Gasteiger partial charge is 0.299 e. The molecular formula is C23H26F3N. The summed E-state index contributed by atoms with van der Waals surface area (Å²) in [7, 11) is 0. The summed E-state index contributed by atoms with van der Waals surface area (Å²) in [6.07, 6.45) is -1.90. The fourth-order valence-electron chi connectivity index (χ4n) is 5.32. The summed E-state index contributed by atoms with van der Waals surface area (Å²) in [5.41, 5.74) is 3.64. The molecule has 0 bridgehead atoms. The van der Waals surface area contributed by atoms with Crippen molar-refractivity contribution in [3.63, 3.8) is 0 Å². The quantitative estimate of drug-likeness (QED) is 0.676. The van der Waals surface area contributed by atoms with E-state index in [9.17, 15) is 13.2 Å². The van der Waals surface area contributed by atoms with Crippen molar-refractivity contribution in [2.45, 2.75) is 51.2 Å². The minimum absolute atomic E-state index is 0.214. The molecule has 1 fully saturated rings. The predicted octanol–water partition coefficient (Wildman–Crippen LogP) is 5.61. The molecule has 1 nitrogen and oxygen atoms in total. The number of nitrogens with zero attached hydrogens (tertiary/aromatic N) is 1. The van der Waals surface area contributed by atoms with Gasteiger partial charge in [0.05, 0.1) is 5.56 Å². The molecular weight excluding hydrogens is 347 g/mol. The Labute approximate surface area is 159 Å². The van der Waals surface area contributed by atoms with Gasteiger partial charge in [-0.3, -0.25) is 4.90 Å². The lowest BCUT2D eigenvalue weighted by Gasteiger charge is -2.33. The molecule has 0 N–H and O–H groups in total. The Kier molecular flexibility index (Phi) is 4.79. The Balaban J connectivity index is 1.66. The second kappa shape index (κ2) is 6.97. The van der Waals surface area contributed by atoms with E-state index < -0.39 is 11.7 Å². The maximum Gasteiger partial charge on any atom is 0.416 e. The van der Waals surface area contributed by atoms with Gasteiger partial charge in [-0.15, -0.1) is 0 Å². The largest absolute Gasteiger partial charge is 0.416 e. The topological polar surface area (TPSA) is 3.24 Å². The Bertz CT molecular complexity index is 827. The van der Waals surface area contributed by atoms with Crippen LogP contribution in [-0.4, -0.2) is 24.0 Å². The van der Waals surface area contributed by atoms with Crippen molar-refractivity contribution in [1.29, 1.82) is 0 Å². The van der Waals surface area contributed by atoms with Crippen LogP contribution in [-0.2, 0) is 19.0 Å². The highest BCUT2D eigenvalue weighted by Crippen LogP contribution is 2.48. The van der Waals surface area contributed by atoms with Crippen molar-refractivity contribution in [3.05, 3.63) is 70.3 Å². The molecule has 0 saturated carbocycles. The molecule has 2 aromatic carbocycles. The van der Waals surface area contributed by atoms with Gasteiger partial charge in [-0.05, 0) is 61.4 Å². The zero-order chi connectivity index (χ0) is 19.2. The molecule has 0 aromatic heterocycles. The molecule has 3 unspecified atom stereocenters. The fourth-order valence-corrected chi connectivity index (χ4v) is 5.32. The number of likely N-dealkylation sites (N-methyl/N-ethyl adjacent to an activating group) is 1. The molecule has 0 radical (unpaired) electrons.